The van der Waals surface area contributed by atoms with Gasteiger partial charge >= 0.3 is 0 Å². The Hall–Kier alpha value is -2.13. The fourth-order valence-electron chi connectivity index (χ4n) is 7.32. The summed E-state index contributed by atoms with van der Waals surface area (Å²) in [7, 11) is 0. The van der Waals surface area contributed by atoms with E-state index >= 15 is 0 Å². The first kappa shape index (κ1) is 30.3. The van der Waals surface area contributed by atoms with E-state index < -0.39 is 29.6 Å². The number of carbonyl (C=O) groups excluding carboxylic acids is 3. The minimum atomic E-state index is -1.17. The van der Waals surface area contributed by atoms with Gasteiger partial charge in [0.05, 0.1) is 17.9 Å². The van der Waals surface area contributed by atoms with Gasteiger partial charge in [0.25, 0.3) is 0 Å². The van der Waals surface area contributed by atoms with Crippen LogP contribution in [0.25, 0.3) is 0 Å². The lowest BCUT2D eigenvalue weighted by molar-refractivity contribution is -0.141. The van der Waals surface area contributed by atoms with Crippen LogP contribution in [0.5, 0.6) is 0 Å². The number of carbonyl (C=O) groups is 3. The van der Waals surface area contributed by atoms with Gasteiger partial charge in [-0.2, -0.15) is 0 Å². The molecule has 4 aliphatic rings. The monoisotopic (exact) mass is 604 g/mol. The van der Waals surface area contributed by atoms with E-state index in [4.69, 9.17) is 27.9 Å². The molecule has 3 amide bonds. The van der Waals surface area contributed by atoms with Crippen molar-refractivity contribution in [2.75, 3.05) is 31.5 Å². The molecule has 5 atom stereocenters. The fraction of sp³-hybridized carbons (Fsp3) is 0.645. The smallest absolute Gasteiger partial charge is 0.246 e. The van der Waals surface area contributed by atoms with Crippen LogP contribution in [0.4, 0.5) is 5.69 Å². The van der Waals surface area contributed by atoms with Gasteiger partial charge in [-0.15, -0.1) is 0 Å². The fourth-order valence-corrected chi connectivity index (χ4v) is 7.85. The van der Waals surface area contributed by atoms with Crippen molar-refractivity contribution in [2.45, 2.75) is 89.0 Å². The van der Waals surface area contributed by atoms with Crippen molar-refractivity contribution in [3.63, 3.8) is 0 Å². The molecule has 1 aromatic carbocycles. The van der Waals surface area contributed by atoms with E-state index in [1.165, 1.54) is 6.42 Å². The molecule has 224 valence electrons. The summed E-state index contributed by atoms with van der Waals surface area (Å²) in [6.07, 6.45) is 11.2. The maximum atomic E-state index is 14.2. The highest BCUT2D eigenvalue weighted by molar-refractivity contribution is 6.35. The molecule has 0 radical (unpaired) electrons. The van der Waals surface area contributed by atoms with Crippen LogP contribution >= 0.6 is 23.2 Å². The first-order valence-corrected chi connectivity index (χ1v) is 16.0. The van der Waals surface area contributed by atoms with E-state index in [2.05, 4.69) is 29.4 Å². The van der Waals surface area contributed by atoms with Gasteiger partial charge in [0.15, 0.2) is 0 Å². The normalized spacial score (nSPS) is 28.9. The van der Waals surface area contributed by atoms with Gasteiger partial charge in [-0.25, -0.2) is 0 Å². The lowest BCUT2D eigenvalue weighted by Crippen LogP contribution is -2.56. The van der Waals surface area contributed by atoms with Gasteiger partial charge in [-0.1, -0.05) is 68.5 Å². The minimum Gasteiger partial charge on any atom is -0.359 e. The molecule has 1 aliphatic carbocycles. The molecule has 3 fully saturated rings. The molecule has 2 saturated heterocycles. The average molecular weight is 606 g/mol. The Morgan fingerprint density at radius 1 is 1.02 bits per heavy atom. The molecule has 8 nitrogen and oxygen atoms in total. The second-order valence-electron chi connectivity index (χ2n) is 11.9. The van der Waals surface area contributed by atoms with Crippen molar-refractivity contribution in [3.8, 4) is 0 Å². The van der Waals surface area contributed by atoms with Crippen molar-refractivity contribution in [3.05, 3.63) is 40.4 Å². The van der Waals surface area contributed by atoms with Gasteiger partial charge in [-0.05, 0) is 69.9 Å². The minimum absolute atomic E-state index is 0.0995. The SMILES string of the molecule is CCCN(CCC)CCCN1C(=O)[C@H]2C(C(=O)Nc3cc(Cl)cc(Cl)c3)[C@H]3C=CC2(O3)C1C(=O)NC1CCCCC1. The van der Waals surface area contributed by atoms with E-state index in [0.717, 1.165) is 64.6 Å². The summed E-state index contributed by atoms with van der Waals surface area (Å²) in [6.45, 7) is 7.62. The zero-order valence-corrected chi connectivity index (χ0v) is 25.6. The number of hydrogen-bond donors (Lipinski definition) is 2. The summed E-state index contributed by atoms with van der Waals surface area (Å²) in [5.74, 6) is -2.26. The van der Waals surface area contributed by atoms with Gasteiger partial charge in [0.2, 0.25) is 17.7 Å². The van der Waals surface area contributed by atoms with E-state index in [0.29, 0.717) is 22.3 Å². The lowest BCUT2D eigenvalue weighted by Gasteiger charge is -2.34. The zero-order chi connectivity index (χ0) is 29.1. The zero-order valence-electron chi connectivity index (χ0n) is 24.0. The number of rotatable bonds is 12. The molecule has 3 aliphatic heterocycles. The van der Waals surface area contributed by atoms with E-state index in [1.54, 1.807) is 23.1 Å². The molecule has 3 heterocycles. The van der Waals surface area contributed by atoms with Crippen LogP contribution in [0.2, 0.25) is 10.0 Å². The Balaban J connectivity index is 1.39. The van der Waals surface area contributed by atoms with Crippen LogP contribution in [0.1, 0.15) is 65.2 Å². The second kappa shape index (κ2) is 13.0. The average Bonchev–Trinajstić information content (AvgIpc) is 3.56. The number of anilines is 1. The first-order chi connectivity index (χ1) is 19.8. The topological polar surface area (TPSA) is 91.0 Å². The summed E-state index contributed by atoms with van der Waals surface area (Å²) in [6, 6.07) is 4.11. The second-order valence-corrected chi connectivity index (χ2v) is 12.8. The van der Waals surface area contributed by atoms with Crippen LogP contribution in [0, 0.1) is 11.8 Å². The number of amides is 3. The molecule has 10 heteroatoms. The Morgan fingerprint density at radius 3 is 2.37 bits per heavy atom. The first-order valence-electron chi connectivity index (χ1n) is 15.2. The molecule has 1 saturated carbocycles. The standard InChI is InChI=1S/C31H42Cl2N4O4/c1-3-13-36(14-4-2)15-8-16-37-27(29(39)34-22-9-6-5-7-10-22)31-12-11-24(41-31)25(26(31)30(37)40)28(38)35-23-18-20(32)17-21(33)19-23/h11-12,17-19,22,24-27H,3-10,13-16H2,1-2H3,(H,34,39)(H,35,38)/t24-,25?,26-,27?,31?/m1/s1. The summed E-state index contributed by atoms with van der Waals surface area (Å²) in [4.78, 5) is 45.9. The number of fused-ring (bicyclic) bond motifs is 1. The summed E-state index contributed by atoms with van der Waals surface area (Å²) < 4.78 is 6.47. The number of hydrogen-bond acceptors (Lipinski definition) is 5. The van der Waals surface area contributed by atoms with Crippen molar-refractivity contribution in [2.24, 2.45) is 11.8 Å². The van der Waals surface area contributed by atoms with Crippen molar-refractivity contribution in [1.29, 1.82) is 0 Å². The maximum Gasteiger partial charge on any atom is 0.246 e. The van der Waals surface area contributed by atoms with E-state index in [9.17, 15) is 14.4 Å². The van der Waals surface area contributed by atoms with E-state index in [1.807, 2.05) is 12.2 Å². The predicted octanol–water partition coefficient (Wildman–Crippen LogP) is 5.04. The maximum absolute atomic E-state index is 14.2. The van der Waals surface area contributed by atoms with Crippen LogP contribution in [0.15, 0.2) is 30.4 Å². The highest BCUT2D eigenvalue weighted by atomic mass is 35.5. The molecule has 3 unspecified atom stereocenters. The van der Waals surface area contributed by atoms with Gasteiger partial charge in [0, 0.05) is 28.3 Å². The molecule has 41 heavy (non-hydrogen) atoms. The molecule has 0 aromatic heterocycles. The number of nitrogens with zero attached hydrogens (tertiary/aromatic N) is 2. The van der Waals surface area contributed by atoms with Crippen LogP contribution in [-0.2, 0) is 19.1 Å². The van der Waals surface area contributed by atoms with Gasteiger partial charge in [-0.3, -0.25) is 14.4 Å². The lowest BCUT2D eigenvalue weighted by atomic mass is 9.74. The molecule has 2 bridgehead atoms. The third-order valence-electron chi connectivity index (χ3n) is 8.96. The number of ether oxygens (including phenoxy) is 1. The predicted molar refractivity (Wildman–Crippen MR) is 161 cm³/mol. The summed E-state index contributed by atoms with van der Waals surface area (Å²) in [5, 5.41) is 6.94. The Bertz CT molecular complexity index is 1150. The van der Waals surface area contributed by atoms with Crippen LogP contribution in [0.3, 0.4) is 0 Å². The summed E-state index contributed by atoms with van der Waals surface area (Å²) >= 11 is 12.3. The number of halogens is 2. The van der Waals surface area contributed by atoms with Crippen molar-refractivity contribution >= 4 is 46.6 Å². The highest BCUT2D eigenvalue weighted by Crippen LogP contribution is 2.55. The Kier molecular flexibility index (Phi) is 9.64. The summed E-state index contributed by atoms with van der Waals surface area (Å²) in [5.41, 5.74) is -0.713. The van der Waals surface area contributed by atoms with Gasteiger partial charge in [0.1, 0.15) is 11.6 Å². The Labute approximate surface area is 253 Å². The molecule has 2 N–H and O–H groups in total. The van der Waals surface area contributed by atoms with Crippen LogP contribution in [-0.4, -0.2) is 77.5 Å². The van der Waals surface area contributed by atoms with Crippen molar-refractivity contribution in [1.82, 2.24) is 15.1 Å². The number of benzene rings is 1. The van der Waals surface area contributed by atoms with Crippen LogP contribution < -0.4 is 10.6 Å². The highest BCUT2D eigenvalue weighted by Gasteiger charge is 2.72. The third-order valence-corrected chi connectivity index (χ3v) is 9.40. The number of likely N-dealkylation sites (tertiary alicyclic amines) is 1. The van der Waals surface area contributed by atoms with E-state index in [-0.39, 0.29) is 23.8 Å². The molecule has 1 aromatic rings. The number of nitrogens with one attached hydrogen (secondary N) is 2. The molecule has 5 rings (SSSR count). The van der Waals surface area contributed by atoms with Crippen molar-refractivity contribution < 1.29 is 19.1 Å². The molecular weight excluding hydrogens is 563 g/mol. The molecule has 1 spiro atoms. The quantitative estimate of drug-likeness (QED) is 0.326. The Morgan fingerprint density at radius 2 is 1.71 bits per heavy atom. The largest absolute Gasteiger partial charge is 0.359 e. The van der Waals surface area contributed by atoms with Gasteiger partial charge < -0.3 is 25.2 Å². The third kappa shape index (κ3) is 6.17. The molecular formula is C31H42Cl2N4O4.